The number of benzene rings is 2. The molecule has 1 fully saturated rings. The summed E-state index contributed by atoms with van der Waals surface area (Å²) in [6.07, 6.45) is 3.52. The molecule has 11 heteroatoms. The van der Waals surface area contributed by atoms with E-state index in [2.05, 4.69) is 42.8 Å². The van der Waals surface area contributed by atoms with E-state index in [0.717, 1.165) is 16.6 Å². The van der Waals surface area contributed by atoms with Crippen molar-refractivity contribution >= 4 is 45.0 Å². The lowest BCUT2D eigenvalue weighted by molar-refractivity contribution is -0.126. The van der Waals surface area contributed by atoms with Crippen LogP contribution in [0.15, 0.2) is 59.9 Å². The number of hydrazine groups is 1. The van der Waals surface area contributed by atoms with Gasteiger partial charge in [0.2, 0.25) is 0 Å². The minimum absolute atomic E-state index is 0.176. The van der Waals surface area contributed by atoms with Gasteiger partial charge in [-0.3, -0.25) is 9.59 Å². The fraction of sp³-hybridized carbons (Fsp3) is 0.276. The van der Waals surface area contributed by atoms with E-state index in [-0.39, 0.29) is 12.0 Å². The van der Waals surface area contributed by atoms with E-state index in [9.17, 15) is 9.59 Å². The van der Waals surface area contributed by atoms with E-state index < -0.39 is 17.4 Å². The number of carbonyl (C=O) groups is 2. The summed E-state index contributed by atoms with van der Waals surface area (Å²) >= 11 is 0. The summed E-state index contributed by atoms with van der Waals surface area (Å²) in [6.45, 7) is 3.77. The summed E-state index contributed by atoms with van der Waals surface area (Å²) in [4.78, 5) is 43.1. The van der Waals surface area contributed by atoms with Crippen molar-refractivity contribution in [2.45, 2.75) is 19.0 Å². The van der Waals surface area contributed by atoms with Gasteiger partial charge in [-0.05, 0) is 30.5 Å². The quantitative estimate of drug-likeness (QED) is 0.253. The molecular weight excluding hydrogens is 508 g/mol. The number of aromatic nitrogens is 2. The smallest absolute Gasteiger partial charge is 0.295 e. The van der Waals surface area contributed by atoms with Crippen LogP contribution in [0.3, 0.4) is 0 Å². The average molecular weight is 537 g/mol. The second kappa shape index (κ2) is 9.98. The number of hydrogen-bond donors (Lipinski definition) is 3. The number of anilines is 1. The molecule has 2 aliphatic heterocycles. The standard InChI is InChI=1S/C29H28N8O3/c1-29(10-11-30)33-26(34-35-29)20-7-8-22(40-2)23-21(17-32-24(20)23)25(38)28(39)37-15-13-36(14-16-37)27-19-6-4-3-5-18(19)9-12-31-27/h3-9,12,17,32,35H,10,13-16H2,1-2H3,(H,33,34). The lowest BCUT2D eigenvalue weighted by Gasteiger charge is -2.35. The number of Topliss-reactive ketones (excluding diaryl/α,β-unsaturated/α-hetero) is 1. The molecule has 0 saturated carbocycles. The molecule has 1 saturated heterocycles. The largest absolute Gasteiger partial charge is 0.496 e. The monoisotopic (exact) mass is 536 g/mol. The molecule has 202 valence electrons. The molecule has 40 heavy (non-hydrogen) atoms. The van der Waals surface area contributed by atoms with Crippen LogP contribution in [0.4, 0.5) is 5.82 Å². The van der Waals surface area contributed by atoms with Crippen LogP contribution in [-0.2, 0) is 4.79 Å². The highest BCUT2D eigenvalue weighted by Gasteiger charge is 2.33. The van der Waals surface area contributed by atoms with Crippen molar-refractivity contribution in [2.24, 2.45) is 4.99 Å². The van der Waals surface area contributed by atoms with E-state index in [1.165, 1.54) is 7.11 Å². The summed E-state index contributed by atoms with van der Waals surface area (Å²) in [7, 11) is 1.52. The Labute approximate surface area is 230 Å². The number of ketones is 1. The number of amides is 1. The number of piperazine rings is 1. The number of amidine groups is 1. The Morgan fingerprint density at radius 2 is 1.93 bits per heavy atom. The van der Waals surface area contributed by atoms with Gasteiger partial charge in [-0.25, -0.2) is 15.4 Å². The Balaban J connectivity index is 1.24. The van der Waals surface area contributed by atoms with Crippen molar-refractivity contribution in [3.05, 3.63) is 66.0 Å². The third-order valence-electron chi connectivity index (χ3n) is 7.46. The van der Waals surface area contributed by atoms with Gasteiger partial charge in [0.25, 0.3) is 11.7 Å². The average Bonchev–Trinajstić information content (AvgIpc) is 3.60. The van der Waals surface area contributed by atoms with Crippen molar-refractivity contribution in [3.63, 3.8) is 0 Å². The highest BCUT2D eigenvalue weighted by molar-refractivity contribution is 6.45. The molecule has 3 N–H and O–H groups in total. The Bertz CT molecular complexity index is 1710. The number of carbonyl (C=O) groups excluding carboxylic acids is 2. The zero-order valence-corrected chi connectivity index (χ0v) is 22.2. The van der Waals surface area contributed by atoms with Crippen LogP contribution in [-0.4, -0.2) is 71.3 Å². The first-order chi connectivity index (χ1) is 19.4. The maximum Gasteiger partial charge on any atom is 0.295 e. The molecule has 0 bridgehead atoms. The van der Waals surface area contributed by atoms with Gasteiger partial charge in [0, 0.05) is 49.5 Å². The van der Waals surface area contributed by atoms with E-state index in [1.807, 2.05) is 37.3 Å². The lowest BCUT2D eigenvalue weighted by atomic mass is 10.0. The first kappa shape index (κ1) is 25.3. The van der Waals surface area contributed by atoms with E-state index in [4.69, 9.17) is 10.00 Å². The highest BCUT2D eigenvalue weighted by atomic mass is 16.5. The number of nitrogens with one attached hydrogen (secondary N) is 3. The van der Waals surface area contributed by atoms with Gasteiger partial charge in [0.05, 0.1) is 36.1 Å². The Morgan fingerprint density at radius 3 is 2.70 bits per heavy atom. The summed E-state index contributed by atoms with van der Waals surface area (Å²) in [6, 6.07) is 15.8. The van der Waals surface area contributed by atoms with Crippen molar-refractivity contribution in [3.8, 4) is 11.8 Å². The molecule has 0 spiro atoms. The first-order valence-electron chi connectivity index (χ1n) is 13.0. The summed E-state index contributed by atoms with van der Waals surface area (Å²) < 4.78 is 5.57. The normalized spacial score (nSPS) is 18.9. The van der Waals surface area contributed by atoms with Crippen molar-refractivity contribution in [1.29, 1.82) is 5.26 Å². The Kier molecular flexibility index (Phi) is 6.32. The van der Waals surface area contributed by atoms with Gasteiger partial charge >= 0.3 is 0 Å². The zero-order valence-electron chi connectivity index (χ0n) is 22.2. The maximum atomic E-state index is 13.5. The Hall–Kier alpha value is -4.95. The molecule has 2 aromatic heterocycles. The molecule has 1 amide bonds. The molecule has 4 aromatic rings. The van der Waals surface area contributed by atoms with Gasteiger partial charge in [-0.1, -0.05) is 24.3 Å². The first-order valence-corrected chi connectivity index (χ1v) is 13.0. The topological polar surface area (TPSA) is 139 Å². The number of aromatic amines is 1. The van der Waals surface area contributed by atoms with Crippen LogP contribution in [0.2, 0.25) is 0 Å². The van der Waals surface area contributed by atoms with Crippen molar-refractivity contribution in [2.75, 3.05) is 38.2 Å². The van der Waals surface area contributed by atoms with Crippen LogP contribution >= 0.6 is 0 Å². The number of fused-ring (bicyclic) bond motifs is 2. The summed E-state index contributed by atoms with van der Waals surface area (Å²) in [5.74, 6) is 0.713. The number of hydrogen-bond acceptors (Lipinski definition) is 9. The van der Waals surface area contributed by atoms with Crippen LogP contribution in [0.5, 0.6) is 5.75 Å². The predicted octanol–water partition coefficient (Wildman–Crippen LogP) is 2.74. The SMILES string of the molecule is COc1ccc(C2=NC(C)(CC#N)NN2)c2[nH]cc(C(=O)C(=O)N3CCN(c4nccc5ccccc45)CC3)c12. The summed E-state index contributed by atoms with van der Waals surface area (Å²) in [5, 5.41) is 11.8. The predicted molar refractivity (Wildman–Crippen MR) is 151 cm³/mol. The number of H-pyrrole nitrogens is 1. The lowest BCUT2D eigenvalue weighted by Crippen LogP contribution is -2.50. The molecule has 0 radical (unpaired) electrons. The maximum absolute atomic E-state index is 13.5. The molecule has 2 aliphatic rings. The molecule has 1 atom stereocenters. The molecule has 4 heterocycles. The van der Waals surface area contributed by atoms with Crippen molar-refractivity contribution in [1.82, 2.24) is 25.7 Å². The number of rotatable bonds is 6. The highest BCUT2D eigenvalue weighted by Crippen LogP contribution is 2.33. The van der Waals surface area contributed by atoms with Gasteiger partial charge in [-0.2, -0.15) is 5.26 Å². The van der Waals surface area contributed by atoms with E-state index >= 15 is 0 Å². The third-order valence-corrected chi connectivity index (χ3v) is 7.46. The van der Waals surface area contributed by atoms with E-state index in [0.29, 0.717) is 54.2 Å². The minimum Gasteiger partial charge on any atom is -0.496 e. The van der Waals surface area contributed by atoms with Crippen molar-refractivity contribution < 1.29 is 14.3 Å². The molecule has 11 nitrogen and oxygen atoms in total. The van der Waals surface area contributed by atoms with Gasteiger partial charge in [0.15, 0.2) is 0 Å². The number of aliphatic imine (C=N–C) groups is 1. The van der Waals surface area contributed by atoms with Crippen LogP contribution < -0.4 is 20.5 Å². The van der Waals surface area contributed by atoms with Gasteiger partial charge in [-0.15, -0.1) is 0 Å². The molecule has 1 unspecified atom stereocenters. The number of nitriles is 1. The second-order valence-electron chi connectivity index (χ2n) is 10.1. The van der Waals surface area contributed by atoms with E-state index in [1.54, 1.807) is 23.4 Å². The molecule has 6 rings (SSSR count). The van der Waals surface area contributed by atoms with Crippen LogP contribution in [0, 0.1) is 11.3 Å². The molecule has 0 aliphatic carbocycles. The van der Waals surface area contributed by atoms with Crippen LogP contribution in [0.1, 0.15) is 29.3 Å². The van der Waals surface area contributed by atoms with Gasteiger partial charge < -0.3 is 24.9 Å². The fourth-order valence-corrected chi connectivity index (χ4v) is 5.36. The molecular formula is C29H28N8O3. The number of nitrogens with zero attached hydrogens (tertiary/aromatic N) is 5. The summed E-state index contributed by atoms with van der Waals surface area (Å²) in [5.41, 5.74) is 6.83. The third kappa shape index (κ3) is 4.28. The zero-order chi connectivity index (χ0) is 27.9. The minimum atomic E-state index is -0.777. The Morgan fingerprint density at radius 1 is 1.12 bits per heavy atom. The number of methoxy groups -OCH3 is 1. The second-order valence-corrected chi connectivity index (χ2v) is 10.1. The van der Waals surface area contributed by atoms with Crippen LogP contribution in [0.25, 0.3) is 21.7 Å². The van der Waals surface area contributed by atoms with Gasteiger partial charge in [0.1, 0.15) is 23.1 Å². The molecule has 2 aromatic carbocycles. The number of ether oxygens (including phenoxy) is 1. The fourth-order valence-electron chi connectivity index (χ4n) is 5.36. The number of pyridine rings is 1.